The monoisotopic (exact) mass is 364 g/mol. The summed E-state index contributed by atoms with van der Waals surface area (Å²) < 4.78 is 19.5. The molecule has 1 atom stereocenters. The summed E-state index contributed by atoms with van der Waals surface area (Å²) in [6.07, 6.45) is 4.02. The summed E-state index contributed by atoms with van der Waals surface area (Å²) in [5, 5.41) is 0. The molecular weight excluding hydrogens is 340 g/mol. The molecular formula is C22H24N2O3. The molecule has 1 aliphatic rings. The van der Waals surface area contributed by atoms with Crippen molar-refractivity contribution in [2.45, 2.75) is 13.2 Å². The molecule has 1 aromatic heterocycles. The predicted octanol–water partition coefficient (Wildman–Crippen LogP) is 4.42. The molecule has 1 unspecified atom stereocenters. The van der Waals surface area contributed by atoms with Gasteiger partial charge in [-0.25, -0.2) is 0 Å². The first-order valence-corrected chi connectivity index (χ1v) is 9.23. The van der Waals surface area contributed by atoms with Gasteiger partial charge < -0.3 is 23.7 Å². The molecule has 1 aliphatic heterocycles. The van der Waals surface area contributed by atoms with E-state index in [0.717, 1.165) is 35.0 Å². The number of aromatic nitrogens is 1. The number of benzene rings is 2. The van der Waals surface area contributed by atoms with Crippen molar-refractivity contribution >= 4 is 5.69 Å². The zero-order chi connectivity index (χ0) is 18.6. The highest BCUT2D eigenvalue weighted by Crippen LogP contribution is 2.38. The minimum Gasteiger partial charge on any atom is -0.495 e. The van der Waals surface area contributed by atoms with Crippen LogP contribution in [0.2, 0.25) is 0 Å². The van der Waals surface area contributed by atoms with E-state index in [1.807, 2.05) is 43.3 Å². The Kier molecular flexibility index (Phi) is 5.03. The van der Waals surface area contributed by atoms with E-state index in [-0.39, 0.29) is 6.23 Å². The number of hydrogen-bond acceptors (Lipinski definition) is 4. The summed E-state index contributed by atoms with van der Waals surface area (Å²) >= 11 is 0. The summed E-state index contributed by atoms with van der Waals surface area (Å²) in [5.74, 6) is 1.73. The first-order chi connectivity index (χ1) is 13.3. The lowest BCUT2D eigenvalue weighted by Crippen LogP contribution is -2.23. The summed E-state index contributed by atoms with van der Waals surface area (Å²) in [6, 6.07) is 18.2. The fourth-order valence-corrected chi connectivity index (χ4v) is 3.52. The smallest absolute Gasteiger partial charge is 0.158 e. The van der Waals surface area contributed by atoms with Gasteiger partial charge in [0.2, 0.25) is 0 Å². The van der Waals surface area contributed by atoms with Crippen LogP contribution >= 0.6 is 0 Å². The largest absolute Gasteiger partial charge is 0.495 e. The second-order valence-electron chi connectivity index (χ2n) is 6.34. The van der Waals surface area contributed by atoms with E-state index in [1.54, 1.807) is 7.11 Å². The first-order valence-electron chi connectivity index (χ1n) is 9.23. The van der Waals surface area contributed by atoms with E-state index in [1.165, 1.54) is 0 Å². The first kappa shape index (κ1) is 17.5. The van der Waals surface area contributed by atoms with Crippen molar-refractivity contribution in [1.82, 2.24) is 4.57 Å². The molecule has 1 saturated heterocycles. The molecule has 0 N–H and O–H groups in total. The van der Waals surface area contributed by atoms with Gasteiger partial charge in [-0.05, 0) is 37.3 Å². The normalized spacial score (nSPS) is 16.5. The minimum atomic E-state index is -0.137. The number of nitrogens with zero attached hydrogens (tertiary/aromatic N) is 2. The summed E-state index contributed by atoms with van der Waals surface area (Å²) in [7, 11) is 1.70. The van der Waals surface area contributed by atoms with E-state index >= 15 is 0 Å². The molecule has 0 spiro atoms. The second kappa shape index (κ2) is 7.76. The Labute approximate surface area is 159 Å². The SMILES string of the molecule is CCOc1ccccc1-n1ccc(C2OCCN2c2ccccc2OC)c1. The molecule has 1 fully saturated rings. The number of anilines is 1. The zero-order valence-electron chi connectivity index (χ0n) is 15.7. The lowest BCUT2D eigenvalue weighted by molar-refractivity contribution is 0.113. The highest BCUT2D eigenvalue weighted by molar-refractivity contribution is 5.60. The quantitative estimate of drug-likeness (QED) is 0.649. The van der Waals surface area contributed by atoms with E-state index < -0.39 is 0 Å². The predicted molar refractivity (Wildman–Crippen MR) is 106 cm³/mol. The fourth-order valence-electron chi connectivity index (χ4n) is 3.52. The Morgan fingerprint density at radius 3 is 2.52 bits per heavy atom. The highest BCUT2D eigenvalue weighted by Gasteiger charge is 2.29. The van der Waals surface area contributed by atoms with Crippen LogP contribution in [-0.2, 0) is 4.74 Å². The van der Waals surface area contributed by atoms with Crippen molar-refractivity contribution in [2.75, 3.05) is 31.8 Å². The Hall–Kier alpha value is -2.92. The van der Waals surface area contributed by atoms with Crippen LogP contribution in [0.5, 0.6) is 11.5 Å². The molecule has 0 bridgehead atoms. The van der Waals surface area contributed by atoms with Gasteiger partial charge in [-0.1, -0.05) is 24.3 Å². The molecule has 0 aliphatic carbocycles. The van der Waals surface area contributed by atoms with Crippen LogP contribution in [0.15, 0.2) is 67.0 Å². The second-order valence-corrected chi connectivity index (χ2v) is 6.34. The van der Waals surface area contributed by atoms with Gasteiger partial charge in [-0.2, -0.15) is 0 Å². The van der Waals surface area contributed by atoms with Crippen LogP contribution in [-0.4, -0.2) is 31.4 Å². The lowest BCUT2D eigenvalue weighted by Gasteiger charge is -2.26. The number of para-hydroxylation sites is 4. The number of hydrogen-bond donors (Lipinski definition) is 0. The molecule has 0 amide bonds. The van der Waals surface area contributed by atoms with Gasteiger partial charge in [-0.15, -0.1) is 0 Å². The molecule has 140 valence electrons. The Morgan fingerprint density at radius 1 is 1.00 bits per heavy atom. The van der Waals surface area contributed by atoms with E-state index in [0.29, 0.717) is 13.2 Å². The molecule has 5 nitrogen and oxygen atoms in total. The molecule has 5 heteroatoms. The van der Waals surface area contributed by atoms with Crippen molar-refractivity contribution in [3.8, 4) is 17.2 Å². The van der Waals surface area contributed by atoms with Gasteiger partial charge in [0.05, 0.1) is 31.7 Å². The Bertz CT molecular complexity index is 906. The van der Waals surface area contributed by atoms with Crippen LogP contribution in [0, 0.1) is 0 Å². The van der Waals surface area contributed by atoms with Crippen molar-refractivity contribution in [3.63, 3.8) is 0 Å². The third kappa shape index (κ3) is 3.38. The number of rotatable bonds is 6. The van der Waals surface area contributed by atoms with Crippen LogP contribution in [0.4, 0.5) is 5.69 Å². The van der Waals surface area contributed by atoms with Crippen LogP contribution in [0.3, 0.4) is 0 Å². The Morgan fingerprint density at radius 2 is 1.74 bits per heavy atom. The molecule has 0 radical (unpaired) electrons. The average molecular weight is 364 g/mol. The maximum absolute atomic E-state index is 6.06. The maximum Gasteiger partial charge on any atom is 0.158 e. The van der Waals surface area contributed by atoms with Gasteiger partial charge in [0.25, 0.3) is 0 Å². The van der Waals surface area contributed by atoms with Crippen molar-refractivity contribution < 1.29 is 14.2 Å². The maximum atomic E-state index is 6.06. The molecule has 27 heavy (non-hydrogen) atoms. The zero-order valence-corrected chi connectivity index (χ0v) is 15.7. The van der Waals surface area contributed by atoms with Gasteiger partial charge in [0.15, 0.2) is 6.23 Å². The molecule has 0 saturated carbocycles. The van der Waals surface area contributed by atoms with Crippen LogP contribution in [0.1, 0.15) is 18.7 Å². The van der Waals surface area contributed by atoms with Crippen molar-refractivity contribution in [2.24, 2.45) is 0 Å². The fraction of sp³-hybridized carbons (Fsp3) is 0.273. The number of ether oxygens (including phenoxy) is 3. The van der Waals surface area contributed by atoms with Crippen molar-refractivity contribution in [1.29, 1.82) is 0 Å². The lowest BCUT2D eigenvalue weighted by atomic mass is 10.2. The third-order valence-corrected chi connectivity index (χ3v) is 4.73. The van der Waals surface area contributed by atoms with E-state index in [2.05, 4.69) is 40.1 Å². The molecule has 4 rings (SSSR count). The number of methoxy groups -OCH3 is 1. The van der Waals surface area contributed by atoms with Crippen LogP contribution in [0.25, 0.3) is 5.69 Å². The third-order valence-electron chi connectivity index (χ3n) is 4.73. The molecule has 2 aromatic carbocycles. The molecule has 2 heterocycles. The summed E-state index contributed by atoms with van der Waals surface area (Å²) in [4.78, 5) is 2.24. The van der Waals surface area contributed by atoms with Crippen LogP contribution < -0.4 is 14.4 Å². The van der Waals surface area contributed by atoms with Gasteiger partial charge in [0.1, 0.15) is 11.5 Å². The summed E-state index contributed by atoms with van der Waals surface area (Å²) in [6.45, 7) is 4.14. The van der Waals surface area contributed by atoms with Gasteiger partial charge >= 0.3 is 0 Å². The van der Waals surface area contributed by atoms with Crippen molar-refractivity contribution in [3.05, 3.63) is 72.6 Å². The van der Waals surface area contributed by atoms with E-state index in [9.17, 15) is 0 Å². The topological polar surface area (TPSA) is 35.9 Å². The highest BCUT2D eigenvalue weighted by atomic mass is 16.5. The van der Waals surface area contributed by atoms with Gasteiger partial charge in [-0.3, -0.25) is 0 Å². The van der Waals surface area contributed by atoms with Gasteiger partial charge in [0, 0.05) is 24.5 Å². The minimum absolute atomic E-state index is 0.137. The molecule has 3 aromatic rings. The summed E-state index contributed by atoms with van der Waals surface area (Å²) in [5.41, 5.74) is 3.17. The Balaban J connectivity index is 1.65. The standard InChI is InChI=1S/C22H24N2O3/c1-3-26-21-11-7-4-8-18(21)23-13-12-17(16-23)22-24(14-15-27-22)19-9-5-6-10-20(19)25-2/h4-13,16,22H,3,14-15H2,1-2H3. The average Bonchev–Trinajstić information content (AvgIpc) is 3.38. The van der Waals surface area contributed by atoms with E-state index in [4.69, 9.17) is 14.2 Å².